The molecule has 2 amide bonds. The molecule has 1 aromatic rings. The van der Waals surface area contributed by atoms with Gasteiger partial charge in [0.05, 0.1) is 10.9 Å². The summed E-state index contributed by atoms with van der Waals surface area (Å²) in [5, 5.41) is 13.9. The van der Waals surface area contributed by atoms with Gasteiger partial charge in [-0.05, 0) is 25.0 Å². The lowest BCUT2D eigenvalue weighted by Crippen LogP contribution is -2.35. The molecule has 0 aliphatic carbocycles. The Balaban J connectivity index is 2.00. The van der Waals surface area contributed by atoms with E-state index in [9.17, 15) is 9.59 Å². The Morgan fingerprint density at radius 3 is 2.63 bits per heavy atom. The molecule has 0 saturated heterocycles. The van der Waals surface area contributed by atoms with Crippen LogP contribution in [0.25, 0.3) is 0 Å². The molecule has 0 radical (unpaired) electrons. The molecule has 0 bridgehead atoms. The molecule has 7 heteroatoms. The minimum Gasteiger partial charge on any atom is -0.481 e. The van der Waals surface area contributed by atoms with E-state index in [2.05, 4.69) is 10.6 Å². The van der Waals surface area contributed by atoms with Crippen LogP contribution in [0.2, 0.25) is 4.34 Å². The van der Waals surface area contributed by atoms with Gasteiger partial charge in [-0.1, -0.05) is 18.0 Å². The normalized spacial score (nSPS) is 10.2. The fraction of sp³-hybridized carbons (Fsp3) is 0.500. The number of rotatable bonds is 8. The quantitative estimate of drug-likeness (QED) is 0.646. The number of amides is 2. The number of carbonyl (C=O) groups excluding carboxylic acids is 1. The van der Waals surface area contributed by atoms with Gasteiger partial charge in [-0.3, -0.25) is 4.79 Å². The van der Waals surface area contributed by atoms with Crippen LogP contribution in [0.5, 0.6) is 0 Å². The standard InChI is InChI=1S/C12H17ClN2O3S/c13-10-6-5-9(19-10)8-15-12(18)14-7-3-1-2-4-11(16)17/h5-6H,1-4,7-8H2,(H,16,17)(H2,14,15,18). The summed E-state index contributed by atoms with van der Waals surface area (Å²) in [4.78, 5) is 22.7. The number of hydrogen-bond acceptors (Lipinski definition) is 3. The van der Waals surface area contributed by atoms with Crippen LogP contribution >= 0.6 is 22.9 Å². The molecule has 0 fully saturated rings. The van der Waals surface area contributed by atoms with E-state index < -0.39 is 5.97 Å². The minimum atomic E-state index is -0.777. The number of unbranched alkanes of at least 4 members (excludes halogenated alkanes) is 2. The number of carbonyl (C=O) groups is 2. The highest BCUT2D eigenvalue weighted by Gasteiger charge is 2.02. The van der Waals surface area contributed by atoms with Crippen molar-refractivity contribution in [1.29, 1.82) is 0 Å². The summed E-state index contributed by atoms with van der Waals surface area (Å²) < 4.78 is 0.704. The number of thiophene rings is 1. The molecule has 1 aromatic heterocycles. The maximum Gasteiger partial charge on any atom is 0.315 e. The van der Waals surface area contributed by atoms with Crippen LogP contribution < -0.4 is 10.6 Å². The maximum absolute atomic E-state index is 11.4. The molecule has 106 valence electrons. The van der Waals surface area contributed by atoms with Crippen LogP contribution in [-0.4, -0.2) is 23.7 Å². The van der Waals surface area contributed by atoms with Gasteiger partial charge in [0.1, 0.15) is 0 Å². The molecule has 0 saturated carbocycles. The molecule has 5 nitrogen and oxygen atoms in total. The van der Waals surface area contributed by atoms with Crippen molar-refractivity contribution in [3.63, 3.8) is 0 Å². The number of halogens is 1. The average molecular weight is 305 g/mol. The van der Waals surface area contributed by atoms with Gasteiger partial charge in [-0.2, -0.15) is 0 Å². The van der Waals surface area contributed by atoms with E-state index in [1.54, 1.807) is 6.07 Å². The van der Waals surface area contributed by atoms with Crippen molar-refractivity contribution in [3.8, 4) is 0 Å². The SMILES string of the molecule is O=C(O)CCCCCNC(=O)NCc1ccc(Cl)s1. The van der Waals surface area contributed by atoms with E-state index in [4.69, 9.17) is 16.7 Å². The first kappa shape index (κ1) is 15.8. The summed E-state index contributed by atoms with van der Waals surface area (Å²) >= 11 is 7.21. The van der Waals surface area contributed by atoms with Crippen molar-refractivity contribution in [3.05, 3.63) is 21.3 Å². The lowest BCUT2D eigenvalue weighted by atomic mass is 10.2. The number of hydrogen-bond donors (Lipinski definition) is 3. The van der Waals surface area contributed by atoms with Gasteiger partial charge in [0, 0.05) is 17.8 Å². The van der Waals surface area contributed by atoms with E-state index in [-0.39, 0.29) is 12.5 Å². The van der Waals surface area contributed by atoms with E-state index in [0.29, 0.717) is 23.8 Å². The third kappa shape index (κ3) is 7.69. The summed E-state index contributed by atoms with van der Waals surface area (Å²) in [5.41, 5.74) is 0. The molecular weight excluding hydrogens is 288 g/mol. The van der Waals surface area contributed by atoms with E-state index in [0.717, 1.165) is 17.7 Å². The van der Waals surface area contributed by atoms with Crippen molar-refractivity contribution in [2.75, 3.05) is 6.54 Å². The number of aliphatic carboxylic acids is 1. The summed E-state index contributed by atoms with van der Waals surface area (Å²) in [6.07, 6.45) is 2.41. The van der Waals surface area contributed by atoms with Gasteiger partial charge in [0.25, 0.3) is 0 Å². The second-order valence-electron chi connectivity index (χ2n) is 4.02. The number of urea groups is 1. The van der Waals surface area contributed by atoms with Crippen molar-refractivity contribution < 1.29 is 14.7 Å². The number of carboxylic acids is 1. The third-order valence-corrected chi connectivity index (χ3v) is 3.64. The van der Waals surface area contributed by atoms with Gasteiger partial charge in [0.2, 0.25) is 0 Å². The van der Waals surface area contributed by atoms with Gasteiger partial charge < -0.3 is 15.7 Å². The first-order valence-electron chi connectivity index (χ1n) is 6.05. The molecule has 0 aliphatic rings. The fourth-order valence-electron chi connectivity index (χ4n) is 1.46. The molecule has 1 heterocycles. The Bertz CT molecular complexity index is 423. The molecule has 0 spiro atoms. The summed E-state index contributed by atoms with van der Waals surface area (Å²) in [7, 11) is 0. The van der Waals surface area contributed by atoms with Crippen LogP contribution in [0.4, 0.5) is 4.79 Å². The highest BCUT2D eigenvalue weighted by molar-refractivity contribution is 7.16. The van der Waals surface area contributed by atoms with Crippen molar-refractivity contribution in [2.45, 2.75) is 32.2 Å². The third-order valence-electron chi connectivity index (χ3n) is 2.41. The molecule has 0 aromatic carbocycles. The van der Waals surface area contributed by atoms with E-state index in [1.165, 1.54) is 11.3 Å². The largest absolute Gasteiger partial charge is 0.481 e. The lowest BCUT2D eigenvalue weighted by molar-refractivity contribution is -0.137. The molecule has 1 rings (SSSR count). The molecule has 0 aliphatic heterocycles. The van der Waals surface area contributed by atoms with E-state index >= 15 is 0 Å². The van der Waals surface area contributed by atoms with Gasteiger partial charge in [-0.15, -0.1) is 11.3 Å². The Hall–Kier alpha value is -1.27. The lowest BCUT2D eigenvalue weighted by Gasteiger charge is -2.06. The van der Waals surface area contributed by atoms with Crippen LogP contribution in [0.3, 0.4) is 0 Å². The van der Waals surface area contributed by atoms with Gasteiger partial charge in [-0.25, -0.2) is 4.79 Å². The second-order valence-corrected chi connectivity index (χ2v) is 5.82. The van der Waals surface area contributed by atoms with Crippen LogP contribution in [0.15, 0.2) is 12.1 Å². The molecule has 0 atom stereocenters. The number of nitrogens with one attached hydrogen (secondary N) is 2. The smallest absolute Gasteiger partial charge is 0.315 e. The monoisotopic (exact) mass is 304 g/mol. The molecule has 3 N–H and O–H groups in total. The van der Waals surface area contributed by atoms with E-state index in [1.807, 2.05) is 6.07 Å². The minimum absolute atomic E-state index is 0.186. The van der Waals surface area contributed by atoms with Crippen LogP contribution in [0.1, 0.15) is 30.6 Å². The molecular formula is C12H17ClN2O3S. The Labute approximate surface area is 121 Å². The van der Waals surface area contributed by atoms with Crippen molar-refractivity contribution in [1.82, 2.24) is 10.6 Å². The predicted octanol–water partition coefficient (Wildman–Crippen LogP) is 2.85. The van der Waals surface area contributed by atoms with Gasteiger partial charge >= 0.3 is 12.0 Å². The van der Waals surface area contributed by atoms with Crippen molar-refractivity contribution in [2.24, 2.45) is 0 Å². The fourth-order valence-corrected chi connectivity index (χ4v) is 2.48. The van der Waals surface area contributed by atoms with Crippen LogP contribution in [-0.2, 0) is 11.3 Å². The first-order valence-corrected chi connectivity index (χ1v) is 7.25. The predicted molar refractivity (Wildman–Crippen MR) is 75.7 cm³/mol. The highest BCUT2D eigenvalue weighted by Crippen LogP contribution is 2.20. The van der Waals surface area contributed by atoms with Gasteiger partial charge in [0.15, 0.2) is 0 Å². The molecule has 19 heavy (non-hydrogen) atoms. The number of carboxylic acid groups (broad SMARTS) is 1. The first-order chi connectivity index (χ1) is 9.08. The Kier molecular flexibility index (Phi) is 7.28. The second kappa shape index (κ2) is 8.77. The average Bonchev–Trinajstić information content (AvgIpc) is 2.76. The Morgan fingerprint density at radius 2 is 2.00 bits per heavy atom. The Morgan fingerprint density at radius 1 is 1.21 bits per heavy atom. The zero-order chi connectivity index (χ0) is 14.1. The maximum atomic E-state index is 11.4. The summed E-state index contributed by atoms with van der Waals surface area (Å²) in [6.45, 7) is 1.01. The zero-order valence-electron chi connectivity index (χ0n) is 10.4. The zero-order valence-corrected chi connectivity index (χ0v) is 12.0. The molecule has 0 unspecified atom stereocenters. The topological polar surface area (TPSA) is 78.4 Å². The summed E-state index contributed by atoms with van der Waals surface area (Å²) in [6, 6.07) is 3.45. The summed E-state index contributed by atoms with van der Waals surface area (Å²) in [5.74, 6) is -0.777. The van der Waals surface area contributed by atoms with Crippen LogP contribution in [0, 0.1) is 0 Å². The van der Waals surface area contributed by atoms with Crippen molar-refractivity contribution >= 4 is 34.9 Å². The highest BCUT2D eigenvalue weighted by atomic mass is 35.5.